The molecule has 0 saturated heterocycles. The van der Waals surface area contributed by atoms with E-state index in [1.807, 2.05) is 54.6 Å². The van der Waals surface area contributed by atoms with Gasteiger partial charge in [0, 0.05) is 6.20 Å². The summed E-state index contributed by atoms with van der Waals surface area (Å²) in [5.74, 6) is 0. The standard InChI is InChI=1S/C19H11N3/c1-21-18-12-16(7-8-17(18)13-20)19-11-15(9-10-22-19)14-5-3-2-4-6-14/h2-12H. The molecule has 2 aromatic carbocycles. The topological polar surface area (TPSA) is 41.0 Å². The molecular weight excluding hydrogens is 270 g/mol. The fourth-order valence-corrected chi connectivity index (χ4v) is 2.28. The lowest BCUT2D eigenvalue weighted by Crippen LogP contribution is -1.86. The Balaban J connectivity index is 2.07. The van der Waals surface area contributed by atoms with Crippen molar-refractivity contribution in [3.8, 4) is 28.5 Å². The maximum atomic E-state index is 8.99. The predicted octanol–water partition coefficient (Wildman–Crippen LogP) is 4.84. The van der Waals surface area contributed by atoms with Gasteiger partial charge in [-0.1, -0.05) is 42.5 Å². The number of pyridine rings is 1. The van der Waals surface area contributed by atoms with Crippen molar-refractivity contribution in [2.75, 3.05) is 0 Å². The van der Waals surface area contributed by atoms with Crippen molar-refractivity contribution in [3.05, 3.63) is 83.8 Å². The molecular formula is C19H11N3. The highest BCUT2D eigenvalue weighted by Gasteiger charge is 2.07. The zero-order chi connectivity index (χ0) is 15.4. The Morgan fingerprint density at radius 1 is 0.909 bits per heavy atom. The Morgan fingerprint density at radius 2 is 1.73 bits per heavy atom. The Bertz CT molecular complexity index is 900. The first-order valence-electron chi connectivity index (χ1n) is 6.75. The van der Waals surface area contributed by atoms with Gasteiger partial charge in [-0.05, 0) is 34.9 Å². The van der Waals surface area contributed by atoms with Crippen molar-refractivity contribution < 1.29 is 0 Å². The molecule has 22 heavy (non-hydrogen) atoms. The molecule has 3 nitrogen and oxygen atoms in total. The minimum Gasteiger partial charge on any atom is -0.256 e. The van der Waals surface area contributed by atoms with E-state index in [4.69, 9.17) is 11.8 Å². The molecule has 3 heteroatoms. The minimum absolute atomic E-state index is 0.354. The van der Waals surface area contributed by atoms with Gasteiger partial charge >= 0.3 is 0 Å². The van der Waals surface area contributed by atoms with E-state index in [1.54, 1.807) is 18.3 Å². The van der Waals surface area contributed by atoms with Gasteiger partial charge in [0.05, 0.1) is 23.9 Å². The highest BCUT2D eigenvalue weighted by atomic mass is 14.7. The maximum absolute atomic E-state index is 8.99. The number of nitriles is 1. The summed E-state index contributed by atoms with van der Waals surface area (Å²) < 4.78 is 0. The van der Waals surface area contributed by atoms with Crippen LogP contribution in [0.15, 0.2) is 66.9 Å². The van der Waals surface area contributed by atoms with Crippen molar-refractivity contribution in [1.82, 2.24) is 4.98 Å². The predicted molar refractivity (Wildman–Crippen MR) is 86.1 cm³/mol. The molecule has 3 rings (SSSR count). The van der Waals surface area contributed by atoms with E-state index in [1.165, 1.54) is 0 Å². The largest absolute Gasteiger partial charge is 0.256 e. The lowest BCUT2D eigenvalue weighted by Gasteiger charge is -2.06. The van der Waals surface area contributed by atoms with Crippen LogP contribution in [0.3, 0.4) is 0 Å². The smallest absolute Gasteiger partial charge is 0.205 e. The number of aromatic nitrogens is 1. The fourth-order valence-electron chi connectivity index (χ4n) is 2.28. The zero-order valence-electron chi connectivity index (χ0n) is 11.7. The molecule has 0 radical (unpaired) electrons. The van der Waals surface area contributed by atoms with Crippen LogP contribution in [-0.4, -0.2) is 4.98 Å². The first-order chi connectivity index (χ1) is 10.8. The average molecular weight is 281 g/mol. The number of benzene rings is 2. The van der Waals surface area contributed by atoms with Crippen LogP contribution in [0.2, 0.25) is 0 Å². The summed E-state index contributed by atoms with van der Waals surface area (Å²) in [5.41, 5.74) is 4.55. The summed E-state index contributed by atoms with van der Waals surface area (Å²) in [7, 11) is 0. The number of nitrogens with zero attached hydrogens (tertiary/aromatic N) is 3. The molecule has 102 valence electrons. The van der Waals surface area contributed by atoms with Crippen molar-refractivity contribution in [2.45, 2.75) is 0 Å². The Hall–Kier alpha value is -3.43. The molecule has 1 heterocycles. The van der Waals surface area contributed by atoms with Crippen LogP contribution < -0.4 is 0 Å². The van der Waals surface area contributed by atoms with Crippen molar-refractivity contribution in [1.29, 1.82) is 5.26 Å². The maximum Gasteiger partial charge on any atom is 0.205 e. The monoisotopic (exact) mass is 281 g/mol. The van der Waals surface area contributed by atoms with Gasteiger partial charge in [0.15, 0.2) is 0 Å². The quantitative estimate of drug-likeness (QED) is 0.631. The zero-order valence-corrected chi connectivity index (χ0v) is 11.7. The van der Waals surface area contributed by atoms with Gasteiger partial charge < -0.3 is 0 Å². The van der Waals surface area contributed by atoms with E-state index in [-0.39, 0.29) is 0 Å². The van der Waals surface area contributed by atoms with Gasteiger partial charge in [0.1, 0.15) is 0 Å². The molecule has 0 saturated carbocycles. The molecule has 0 bridgehead atoms. The van der Waals surface area contributed by atoms with Crippen LogP contribution in [0.1, 0.15) is 5.56 Å². The summed E-state index contributed by atoms with van der Waals surface area (Å²) in [4.78, 5) is 7.79. The van der Waals surface area contributed by atoms with Crippen LogP contribution >= 0.6 is 0 Å². The summed E-state index contributed by atoms with van der Waals surface area (Å²) in [5, 5.41) is 8.99. The van der Waals surface area contributed by atoms with Gasteiger partial charge in [0.2, 0.25) is 5.69 Å². The van der Waals surface area contributed by atoms with Crippen molar-refractivity contribution >= 4 is 5.69 Å². The average Bonchev–Trinajstić information content (AvgIpc) is 2.62. The molecule has 0 aliphatic heterocycles. The molecule has 0 aliphatic carbocycles. The second kappa shape index (κ2) is 5.91. The van der Waals surface area contributed by atoms with Crippen LogP contribution in [0, 0.1) is 17.9 Å². The Labute approximate surface area is 128 Å². The number of rotatable bonds is 2. The van der Waals surface area contributed by atoms with E-state index < -0.39 is 0 Å². The molecule has 0 unspecified atom stereocenters. The molecule has 0 fully saturated rings. The highest BCUT2D eigenvalue weighted by molar-refractivity contribution is 5.74. The van der Waals surface area contributed by atoms with E-state index in [9.17, 15) is 0 Å². The van der Waals surface area contributed by atoms with Gasteiger partial charge in [-0.25, -0.2) is 4.85 Å². The van der Waals surface area contributed by atoms with E-state index in [0.717, 1.165) is 22.4 Å². The van der Waals surface area contributed by atoms with Gasteiger partial charge in [-0.15, -0.1) is 0 Å². The van der Waals surface area contributed by atoms with Gasteiger partial charge in [-0.2, -0.15) is 5.26 Å². The molecule has 3 aromatic rings. The summed E-state index contributed by atoms with van der Waals surface area (Å²) in [6.45, 7) is 7.18. The Kier molecular flexibility index (Phi) is 3.64. The highest BCUT2D eigenvalue weighted by Crippen LogP contribution is 2.28. The van der Waals surface area contributed by atoms with Gasteiger partial charge in [-0.3, -0.25) is 4.98 Å². The van der Waals surface area contributed by atoms with Crippen molar-refractivity contribution in [2.24, 2.45) is 0 Å². The third kappa shape index (κ3) is 2.57. The van der Waals surface area contributed by atoms with Crippen molar-refractivity contribution in [3.63, 3.8) is 0 Å². The summed E-state index contributed by atoms with van der Waals surface area (Å²) >= 11 is 0. The lowest BCUT2D eigenvalue weighted by atomic mass is 10.0. The third-order valence-corrected chi connectivity index (χ3v) is 3.40. The summed E-state index contributed by atoms with van der Waals surface area (Å²) in [6.07, 6.45) is 1.76. The van der Waals surface area contributed by atoms with Crippen LogP contribution in [0.5, 0.6) is 0 Å². The normalized spacial score (nSPS) is 9.73. The molecule has 0 aliphatic rings. The van der Waals surface area contributed by atoms with E-state index >= 15 is 0 Å². The second-order valence-electron chi connectivity index (χ2n) is 4.75. The molecule has 1 aromatic heterocycles. The first-order valence-corrected chi connectivity index (χ1v) is 6.75. The SMILES string of the molecule is [C-]#[N+]c1cc(-c2cc(-c3ccccc3)ccn2)ccc1C#N. The third-order valence-electron chi connectivity index (χ3n) is 3.40. The van der Waals surface area contributed by atoms with Crippen LogP contribution in [0.4, 0.5) is 5.69 Å². The molecule has 0 spiro atoms. The lowest BCUT2D eigenvalue weighted by molar-refractivity contribution is 1.32. The van der Waals surface area contributed by atoms with Crippen LogP contribution in [0.25, 0.3) is 27.2 Å². The number of hydrogen-bond donors (Lipinski definition) is 0. The van der Waals surface area contributed by atoms with E-state index in [2.05, 4.69) is 9.83 Å². The number of hydrogen-bond acceptors (Lipinski definition) is 2. The minimum atomic E-state index is 0.354. The second-order valence-corrected chi connectivity index (χ2v) is 4.75. The fraction of sp³-hybridized carbons (Fsp3) is 0. The van der Waals surface area contributed by atoms with Gasteiger partial charge in [0.25, 0.3) is 0 Å². The molecule has 0 N–H and O–H groups in total. The molecule has 0 atom stereocenters. The molecule has 0 amide bonds. The van der Waals surface area contributed by atoms with Crippen LogP contribution in [-0.2, 0) is 0 Å². The van der Waals surface area contributed by atoms with E-state index in [0.29, 0.717) is 11.3 Å². The first kappa shape index (κ1) is 13.5. The summed E-state index contributed by atoms with van der Waals surface area (Å²) in [6, 6.07) is 21.2. The Morgan fingerprint density at radius 3 is 2.45 bits per heavy atom.